The number of nitrogens with two attached hydrogens (primary N) is 1. The highest BCUT2D eigenvalue weighted by molar-refractivity contribution is 5.97. The summed E-state index contributed by atoms with van der Waals surface area (Å²) in [6.07, 6.45) is 11.2. The molecule has 4 aromatic rings. The summed E-state index contributed by atoms with van der Waals surface area (Å²) in [6.45, 7) is 9.80. The molecule has 0 radical (unpaired) electrons. The Balaban J connectivity index is 0.000000131. The lowest BCUT2D eigenvalue weighted by atomic mass is 10.1. The van der Waals surface area contributed by atoms with Gasteiger partial charge in [-0.3, -0.25) is 14.9 Å². The summed E-state index contributed by atoms with van der Waals surface area (Å²) in [5.74, 6) is 3.38. The Labute approximate surface area is 294 Å². The van der Waals surface area contributed by atoms with Crippen molar-refractivity contribution in [1.82, 2.24) is 25.3 Å². The predicted molar refractivity (Wildman–Crippen MR) is 200 cm³/mol. The molecule has 11 nitrogen and oxygen atoms in total. The number of nitrogens with one attached hydrogen (secondary N) is 2. The molecule has 4 N–H and O–H groups in total. The number of aryl methyl sites for hydroxylation is 2. The van der Waals surface area contributed by atoms with Gasteiger partial charge in [-0.15, -0.1) is 0 Å². The summed E-state index contributed by atoms with van der Waals surface area (Å²) >= 11 is 0. The second-order valence-electron chi connectivity index (χ2n) is 14.6. The maximum atomic E-state index is 12.9. The van der Waals surface area contributed by atoms with Gasteiger partial charge in [0.15, 0.2) is 11.6 Å². The first-order valence-electron chi connectivity index (χ1n) is 18.3. The molecule has 50 heavy (non-hydrogen) atoms. The van der Waals surface area contributed by atoms with Crippen molar-refractivity contribution in [3.8, 4) is 22.5 Å². The molecule has 2 saturated carbocycles. The molecule has 11 heteroatoms. The molecule has 260 valence electrons. The number of urea groups is 1. The van der Waals surface area contributed by atoms with Gasteiger partial charge in [0.25, 0.3) is 0 Å². The maximum absolute atomic E-state index is 12.9. The molecule has 0 aromatic carbocycles. The average molecular weight is 673 g/mol. The fraction of sp³-hybridized carbons (Fsp3) is 0.462. The molecule has 4 aliphatic heterocycles. The molecule has 10 rings (SSSR count). The number of carbonyl (C=O) groups is 1. The fourth-order valence-electron chi connectivity index (χ4n) is 7.13. The predicted octanol–water partition coefficient (Wildman–Crippen LogP) is 5.78. The van der Waals surface area contributed by atoms with E-state index in [0.717, 1.165) is 103 Å². The zero-order valence-electron chi connectivity index (χ0n) is 29.2. The van der Waals surface area contributed by atoms with Crippen LogP contribution in [0.25, 0.3) is 22.5 Å². The summed E-state index contributed by atoms with van der Waals surface area (Å²) in [5.41, 5.74) is 13.4. The van der Waals surface area contributed by atoms with E-state index in [4.69, 9.17) is 15.7 Å². The number of hydrogen-bond acceptors (Lipinski definition) is 9. The molecule has 0 spiro atoms. The van der Waals surface area contributed by atoms with Crippen LogP contribution in [0.4, 0.5) is 27.8 Å². The molecule has 0 unspecified atom stereocenters. The van der Waals surface area contributed by atoms with E-state index >= 15 is 0 Å². The van der Waals surface area contributed by atoms with Crippen LogP contribution < -0.4 is 31.1 Å². The Bertz CT molecular complexity index is 1820. The fourth-order valence-corrected chi connectivity index (χ4v) is 7.13. The van der Waals surface area contributed by atoms with Crippen molar-refractivity contribution in [1.29, 1.82) is 0 Å². The summed E-state index contributed by atoms with van der Waals surface area (Å²) in [5, 5.41) is 6.66. The Morgan fingerprint density at radius 3 is 2.04 bits per heavy atom. The molecule has 2 amide bonds. The van der Waals surface area contributed by atoms with Gasteiger partial charge in [0.1, 0.15) is 0 Å². The molecule has 4 fully saturated rings. The number of aromatic nitrogens is 4. The lowest BCUT2D eigenvalue weighted by molar-refractivity contribution is 0.243. The Morgan fingerprint density at radius 1 is 0.780 bits per heavy atom. The minimum Gasteiger partial charge on any atom is -0.366 e. The Morgan fingerprint density at radius 2 is 1.42 bits per heavy atom. The third-order valence-electron chi connectivity index (χ3n) is 10.6. The van der Waals surface area contributed by atoms with E-state index in [9.17, 15) is 4.79 Å². The number of nitrogens with zero attached hydrogens (tertiary/aromatic N) is 7. The second kappa shape index (κ2) is 13.9. The first-order chi connectivity index (χ1) is 24.4. The lowest BCUT2D eigenvalue weighted by Gasteiger charge is -2.36. The SMILES string of the molecule is Cc1ccc(-c2ccc3c(n2)N(C(=O)NCC2CC2)[C@H]2CCN3C2)cn1.Cc1ccc(-c2ccc3c(n2)N[C@H]2CCN3C2)cn1.NCC1CC1. The lowest BCUT2D eigenvalue weighted by Crippen LogP contribution is -2.51. The van der Waals surface area contributed by atoms with E-state index in [0.29, 0.717) is 12.0 Å². The van der Waals surface area contributed by atoms with Crippen LogP contribution in [0.1, 0.15) is 49.9 Å². The highest BCUT2D eigenvalue weighted by Crippen LogP contribution is 2.40. The van der Waals surface area contributed by atoms with Gasteiger partial charge in [0.2, 0.25) is 0 Å². The van der Waals surface area contributed by atoms with Gasteiger partial charge < -0.3 is 26.2 Å². The van der Waals surface area contributed by atoms with Crippen LogP contribution in [-0.4, -0.2) is 77.3 Å². The quantitative estimate of drug-likeness (QED) is 0.242. The molecule has 8 heterocycles. The van der Waals surface area contributed by atoms with Gasteiger partial charge >= 0.3 is 6.03 Å². The highest BCUT2D eigenvalue weighted by atomic mass is 16.2. The molecule has 2 atom stereocenters. The highest BCUT2D eigenvalue weighted by Gasteiger charge is 2.40. The van der Waals surface area contributed by atoms with Gasteiger partial charge in [0.05, 0.1) is 28.8 Å². The van der Waals surface area contributed by atoms with Crippen LogP contribution in [0.15, 0.2) is 60.9 Å². The third kappa shape index (κ3) is 7.10. The van der Waals surface area contributed by atoms with Crippen molar-refractivity contribution in [3.05, 3.63) is 72.3 Å². The number of fused-ring (bicyclic) bond motifs is 8. The number of carbonyl (C=O) groups excluding carboxylic acids is 1. The van der Waals surface area contributed by atoms with E-state index in [2.05, 4.69) is 54.7 Å². The molecule has 4 bridgehead atoms. The number of rotatable bonds is 5. The van der Waals surface area contributed by atoms with Crippen molar-refractivity contribution in [2.24, 2.45) is 17.6 Å². The average Bonchev–Trinajstić information content (AvgIpc) is 4.08. The smallest absolute Gasteiger partial charge is 0.323 e. The van der Waals surface area contributed by atoms with E-state index in [1.54, 1.807) is 0 Å². The van der Waals surface area contributed by atoms with Crippen molar-refractivity contribution in [2.45, 2.75) is 64.5 Å². The van der Waals surface area contributed by atoms with Crippen molar-refractivity contribution in [3.63, 3.8) is 0 Å². The van der Waals surface area contributed by atoms with E-state index in [1.165, 1.54) is 37.8 Å². The van der Waals surface area contributed by atoms with Gasteiger partial charge in [-0.25, -0.2) is 14.8 Å². The molecular weight excluding hydrogens is 624 g/mol. The van der Waals surface area contributed by atoms with Crippen LogP contribution in [0, 0.1) is 25.7 Å². The second-order valence-corrected chi connectivity index (χ2v) is 14.6. The zero-order valence-corrected chi connectivity index (χ0v) is 29.2. The zero-order chi connectivity index (χ0) is 34.2. The normalized spacial score (nSPS) is 20.8. The standard InChI is InChI=1S/C20H23N5O.C15H16N4.C4H9N/c1-13-2-5-15(11-21-13)17-6-7-18-19(23-17)25(16-8-9-24(18)12-16)20(26)22-10-14-3-4-14;1-10-2-3-11(8-16-10)13-4-5-14-15(18-13)17-12-6-7-19(14)9-12;5-3-4-1-2-4/h2,5-7,11,14,16H,3-4,8-10,12H2,1H3,(H,22,26);2-5,8,12H,6-7,9H2,1H3,(H,17,18);4H,1-3,5H2/t16-;12-;/m00./s1. The molecule has 6 aliphatic rings. The van der Waals surface area contributed by atoms with Gasteiger partial charge in [-0.2, -0.15) is 0 Å². The van der Waals surface area contributed by atoms with E-state index < -0.39 is 0 Å². The first-order valence-corrected chi connectivity index (χ1v) is 18.3. The number of anilines is 4. The molecule has 2 saturated heterocycles. The van der Waals surface area contributed by atoms with Crippen molar-refractivity contribution < 1.29 is 4.79 Å². The maximum Gasteiger partial charge on any atom is 0.323 e. The Kier molecular flexibility index (Phi) is 8.99. The van der Waals surface area contributed by atoms with Crippen LogP contribution in [-0.2, 0) is 0 Å². The minimum absolute atomic E-state index is 0.00335. The Hall–Kier alpha value is -4.77. The first kappa shape index (κ1) is 32.4. The summed E-state index contributed by atoms with van der Waals surface area (Å²) in [4.78, 5) is 37.9. The van der Waals surface area contributed by atoms with E-state index in [-0.39, 0.29) is 12.1 Å². The summed E-state index contributed by atoms with van der Waals surface area (Å²) in [6, 6.07) is 17.3. The molecule has 4 aromatic heterocycles. The van der Waals surface area contributed by atoms with Gasteiger partial charge in [-0.05, 0) is 119 Å². The number of pyridine rings is 4. The third-order valence-corrected chi connectivity index (χ3v) is 10.6. The van der Waals surface area contributed by atoms with Crippen molar-refractivity contribution >= 4 is 29.0 Å². The minimum atomic E-state index is -0.00335. The van der Waals surface area contributed by atoms with Crippen LogP contribution in [0.3, 0.4) is 0 Å². The van der Waals surface area contributed by atoms with E-state index in [1.807, 2.05) is 55.4 Å². The summed E-state index contributed by atoms with van der Waals surface area (Å²) < 4.78 is 0. The molecule has 2 aliphatic carbocycles. The number of hydrogen-bond donors (Lipinski definition) is 3. The van der Waals surface area contributed by atoms with Gasteiger partial charge in [0, 0.05) is 73.7 Å². The van der Waals surface area contributed by atoms with Crippen LogP contribution in [0.2, 0.25) is 0 Å². The topological polar surface area (TPSA) is 128 Å². The van der Waals surface area contributed by atoms with Gasteiger partial charge in [-0.1, -0.05) is 0 Å². The van der Waals surface area contributed by atoms with Crippen LogP contribution in [0.5, 0.6) is 0 Å². The molecular formula is C39H48N10O. The monoisotopic (exact) mass is 672 g/mol. The van der Waals surface area contributed by atoms with Crippen LogP contribution >= 0.6 is 0 Å². The summed E-state index contributed by atoms with van der Waals surface area (Å²) in [7, 11) is 0. The largest absolute Gasteiger partial charge is 0.366 e. The number of amides is 2. The van der Waals surface area contributed by atoms with Crippen molar-refractivity contribution in [2.75, 3.05) is 59.3 Å².